The van der Waals surface area contributed by atoms with E-state index in [-0.39, 0.29) is 17.1 Å². The molecule has 1 rings (SSSR count). The average molecular weight is 234 g/mol. The van der Waals surface area contributed by atoms with Crippen LogP contribution < -0.4 is 0 Å². The van der Waals surface area contributed by atoms with Gasteiger partial charge in [0.1, 0.15) is 5.78 Å². The molecule has 1 aromatic carbocycles. The lowest BCUT2D eigenvalue weighted by atomic mass is 9.79. The van der Waals surface area contributed by atoms with Gasteiger partial charge in [0.2, 0.25) is 0 Å². The third kappa shape index (κ3) is 4.31. The lowest BCUT2D eigenvalue weighted by Crippen LogP contribution is -2.25. The highest BCUT2D eigenvalue weighted by Gasteiger charge is 2.29. The van der Waals surface area contributed by atoms with Gasteiger partial charge >= 0.3 is 0 Å². The average Bonchev–Trinajstić information content (AvgIpc) is 2.25. The van der Waals surface area contributed by atoms with Crippen molar-refractivity contribution in [3.63, 3.8) is 0 Å². The van der Waals surface area contributed by atoms with Gasteiger partial charge in [-0.1, -0.05) is 51.1 Å². The zero-order valence-corrected chi connectivity index (χ0v) is 11.1. The van der Waals surface area contributed by atoms with Crippen LogP contribution >= 0.6 is 0 Å². The number of hydrogen-bond donors (Lipinski definition) is 1. The van der Waals surface area contributed by atoms with Crippen LogP contribution in [0.5, 0.6) is 0 Å². The van der Waals surface area contributed by atoms with Crippen molar-refractivity contribution in [1.29, 1.82) is 0 Å². The Morgan fingerprint density at radius 3 is 2.18 bits per heavy atom. The van der Waals surface area contributed by atoms with Crippen LogP contribution in [0.15, 0.2) is 30.3 Å². The fourth-order valence-corrected chi connectivity index (χ4v) is 2.02. The number of rotatable bonds is 4. The van der Waals surface area contributed by atoms with Gasteiger partial charge in [0, 0.05) is 5.92 Å². The molecule has 0 aliphatic carbocycles. The van der Waals surface area contributed by atoms with E-state index >= 15 is 0 Å². The molecule has 0 aliphatic rings. The number of hydrogen-bond acceptors (Lipinski definition) is 2. The molecule has 2 nitrogen and oxygen atoms in total. The Kier molecular flexibility index (Phi) is 4.47. The number of aliphatic hydroxyl groups excluding tert-OH is 1. The summed E-state index contributed by atoms with van der Waals surface area (Å²) in [6, 6.07) is 9.40. The molecule has 2 heteroatoms. The molecule has 1 aromatic rings. The normalized spacial score (nSPS) is 15.4. The first-order chi connectivity index (χ1) is 7.81. The molecule has 0 fully saturated rings. The van der Waals surface area contributed by atoms with Crippen molar-refractivity contribution in [2.75, 3.05) is 0 Å². The predicted octanol–water partition coefficient (Wildman–Crippen LogP) is 3.36. The summed E-state index contributed by atoms with van der Waals surface area (Å²) in [6.45, 7) is 7.81. The summed E-state index contributed by atoms with van der Waals surface area (Å²) >= 11 is 0. The molecule has 0 aromatic heterocycles. The van der Waals surface area contributed by atoms with Crippen molar-refractivity contribution in [3.05, 3.63) is 35.9 Å². The molecule has 0 aliphatic heterocycles. The van der Waals surface area contributed by atoms with E-state index in [2.05, 4.69) is 20.8 Å². The minimum absolute atomic E-state index is 0.0338. The first-order valence-corrected chi connectivity index (χ1v) is 6.05. The number of ketones is 1. The van der Waals surface area contributed by atoms with Crippen molar-refractivity contribution < 1.29 is 9.90 Å². The molecule has 94 valence electrons. The topological polar surface area (TPSA) is 37.3 Å². The maximum atomic E-state index is 11.7. The summed E-state index contributed by atoms with van der Waals surface area (Å²) in [5, 5.41) is 10.3. The SMILES string of the molecule is CC(=O)C(CC(C)(C)C)C(O)c1ccccc1. The van der Waals surface area contributed by atoms with Crippen molar-refractivity contribution in [2.45, 2.75) is 40.2 Å². The smallest absolute Gasteiger partial charge is 0.135 e. The summed E-state index contributed by atoms with van der Waals surface area (Å²) in [4.78, 5) is 11.7. The van der Waals surface area contributed by atoms with Gasteiger partial charge in [-0.25, -0.2) is 0 Å². The molecule has 17 heavy (non-hydrogen) atoms. The van der Waals surface area contributed by atoms with Crippen LogP contribution in [0.4, 0.5) is 0 Å². The third-order valence-corrected chi connectivity index (χ3v) is 2.88. The van der Waals surface area contributed by atoms with Crippen LogP contribution in [-0.4, -0.2) is 10.9 Å². The second-order valence-electron chi connectivity index (χ2n) is 5.84. The number of Topliss-reactive ketones (excluding diaryl/α,β-unsaturated/α-hetero) is 1. The van der Waals surface area contributed by atoms with Gasteiger partial charge < -0.3 is 5.11 Å². The molecule has 0 saturated carbocycles. The quantitative estimate of drug-likeness (QED) is 0.867. The fraction of sp³-hybridized carbons (Fsp3) is 0.533. The standard InChI is InChI=1S/C15H22O2/c1-11(16)13(10-15(2,3)4)14(17)12-8-6-5-7-9-12/h5-9,13-14,17H,10H2,1-4H3. The second kappa shape index (κ2) is 5.46. The minimum atomic E-state index is -0.701. The third-order valence-electron chi connectivity index (χ3n) is 2.88. The van der Waals surface area contributed by atoms with Gasteiger partial charge in [0.15, 0.2) is 0 Å². The lowest BCUT2D eigenvalue weighted by molar-refractivity contribution is -0.125. The molecule has 2 atom stereocenters. The van der Waals surface area contributed by atoms with E-state index in [4.69, 9.17) is 0 Å². The van der Waals surface area contributed by atoms with Crippen LogP contribution in [0, 0.1) is 11.3 Å². The van der Waals surface area contributed by atoms with Gasteiger partial charge in [0.05, 0.1) is 6.10 Å². The summed E-state index contributed by atoms with van der Waals surface area (Å²) in [5.74, 6) is -0.270. The van der Waals surface area contributed by atoms with Crippen LogP contribution in [-0.2, 0) is 4.79 Å². The van der Waals surface area contributed by atoms with E-state index in [1.54, 1.807) is 6.92 Å². The molecule has 0 radical (unpaired) electrons. The van der Waals surface area contributed by atoms with Crippen LogP contribution in [0.2, 0.25) is 0 Å². The molecule has 0 amide bonds. The number of aliphatic hydroxyl groups is 1. The maximum Gasteiger partial charge on any atom is 0.135 e. The zero-order valence-electron chi connectivity index (χ0n) is 11.1. The minimum Gasteiger partial charge on any atom is -0.388 e. The van der Waals surface area contributed by atoms with E-state index in [0.29, 0.717) is 6.42 Å². The Morgan fingerprint density at radius 1 is 1.24 bits per heavy atom. The van der Waals surface area contributed by atoms with Crippen molar-refractivity contribution in [3.8, 4) is 0 Å². The summed E-state index contributed by atoms with van der Waals surface area (Å²) in [6.07, 6.45) is -0.00814. The Morgan fingerprint density at radius 2 is 1.76 bits per heavy atom. The number of carbonyl (C=O) groups excluding carboxylic acids is 1. The fourth-order valence-electron chi connectivity index (χ4n) is 2.02. The predicted molar refractivity (Wildman–Crippen MR) is 69.6 cm³/mol. The van der Waals surface area contributed by atoms with Gasteiger partial charge in [-0.05, 0) is 24.3 Å². The van der Waals surface area contributed by atoms with Crippen LogP contribution in [0.1, 0.15) is 45.8 Å². The van der Waals surface area contributed by atoms with Crippen molar-refractivity contribution in [1.82, 2.24) is 0 Å². The second-order valence-corrected chi connectivity index (χ2v) is 5.84. The molecule has 2 unspecified atom stereocenters. The molecule has 0 heterocycles. The van der Waals surface area contributed by atoms with Gasteiger partial charge in [-0.3, -0.25) is 4.79 Å². The Bertz CT molecular complexity index is 362. The number of carbonyl (C=O) groups is 1. The van der Waals surface area contributed by atoms with E-state index in [0.717, 1.165) is 5.56 Å². The zero-order chi connectivity index (χ0) is 13.1. The van der Waals surface area contributed by atoms with E-state index in [1.807, 2.05) is 30.3 Å². The maximum absolute atomic E-state index is 11.7. The van der Waals surface area contributed by atoms with Gasteiger partial charge in [0.25, 0.3) is 0 Å². The monoisotopic (exact) mass is 234 g/mol. The Labute approximate surface area is 104 Å². The van der Waals surface area contributed by atoms with Crippen molar-refractivity contribution in [2.24, 2.45) is 11.3 Å². The lowest BCUT2D eigenvalue weighted by Gasteiger charge is -2.28. The van der Waals surface area contributed by atoms with E-state index in [1.165, 1.54) is 0 Å². The highest BCUT2D eigenvalue weighted by molar-refractivity contribution is 5.79. The Hall–Kier alpha value is -1.15. The van der Waals surface area contributed by atoms with E-state index in [9.17, 15) is 9.90 Å². The molecular formula is C15H22O2. The highest BCUT2D eigenvalue weighted by Crippen LogP contribution is 2.33. The summed E-state index contributed by atoms with van der Waals surface area (Å²) in [7, 11) is 0. The van der Waals surface area contributed by atoms with Crippen LogP contribution in [0.25, 0.3) is 0 Å². The summed E-state index contributed by atoms with van der Waals surface area (Å²) < 4.78 is 0. The highest BCUT2D eigenvalue weighted by atomic mass is 16.3. The van der Waals surface area contributed by atoms with Crippen molar-refractivity contribution >= 4 is 5.78 Å². The van der Waals surface area contributed by atoms with Gasteiger partial charge in [-0.15, -0.1) is 0 Å². The molecule has 0 saturated heterocycles. The number of benzene rings is 1. The summed E-state index contributed by atoms with van der Waals surface area (Å²) in [5.41, 5.74) is 0.850. The van der Waals surface area contributed by atoms with Gasteiger partial charge in [-0.2, -0.15) is 0 Å². The molecule has 0 bridgehead atoms. The molecule has 1 N–H and O–H groups in total. The first-order valence-electron chi connectivity index (χ1n) is 6.05. The Balaban J connectivity index is 2.89. The van der Waals surface area contributed by atoms with Crippen LogP contribution in [0.3, 0.4) is 0 Å². The largest absolute Gasteiger partial charge is 0.388 e. The molecule has 0 spiro atoms. The van der Waals surface area contributed by atoms with E-state index < -0.39 is 6.10 Å². The molecular weight excluding hydrogens is 212 g/mol. The first kappa shape index (κ1) is 13.9.